The van der Waals surface area contributed by atoms with E-state index in [0.717, 1.165) is 44.8 Å². The summed E-state index contributed by atoms with van der Waals surface area (Å²) in [6, 6.07) is 35.9. The zero-order valence-corrected chi connectivity index (χ0v) is 18.5. The lowest BCUT2D eigenvalue weighted by Gasteiger charge is -2.12. The summed E-state index contributed by atoms with van der Waals surface area (Å²) in [5.41, 5.74) is 6.52. The molecule has 4 aromatic carbocycles. The summed E-state index contributed by atoms with van der Waals surface area (Å²) in [7, 11) is 0. The van der Waals surface area contributed by atoms with E-state index in [1.54, 1.807) is 0 Å². The van der Waals surface area contributed by atoms with E-state index < -0.39 is 5.97 Å². The molecule has 5 rings (SSSR count). The van der Waals surface area contributed by atoms with Gasteiger partial charge in [-0.05, 0) is 29.2 Å². The van der Waals surface area contributed by atoms with E-state index >= 15 is 0 Å². The zero-order chi connectivity index (χ0) is 23.3. The van der Waals surface area contributed by atoms with Crippen LogP contribution in [0.4, 0.5) is 0 Å². The number of benzene rings is 4. The summed E-state index contributed by atoms with van der Waals surface area (Å²) in [6.45, 7) is 0. The van der Waals surface area contributed by atoms with E-state index in [2.05, 4.69) is 0 Å². The summed E-state index contributed by atoms with van der Waals surface area (Å²) in [4.78, 5) is 16.1. The van der Waals surface area contributed by atoms with E-state index in [-0.39, 0.29) is 13.8 Å². The minimum absolute atomic E-state index is 0. The van der Waals surface area contributed by atoms with Gasteiger partial charge in [-0.1, -0.05) is 111 Å². The monoisotopic (exact) mass is 461 g/mol. The summed E-state index contributed by atoms with van der Waals surface area (Å²) in [5.74, 6) is 0.438. The third-order valence-corrected chi connectivity index (χ3v) is 5.78. The minimum atomic E-state index is -0.809. The lowest BCUT2D eigenvalue weighted by atomic mass is 9.93. The van der Waals surface area contributed by atoms with Gasteiger partial charge in [0.1, 0.15) is 5.69 Å². The van der Waals surface area contributed by atoms with Crippen LogP contribution in [-0.2, 0) is 11.2 Å². The Morgan fingerprint density at radius 3 is 1.89 bits per heavy atom. The van der Waals surface area contributed by atoms with E-state index in [1.165, 1.54) is 0 Å². The van der Waals surface area contributed by atoms with Crippen molar-refractivity contribution in [2.45, 2.75) is 20.3 Å². The molecular weight excluding hydrogens is 434 g/mol. The van der Waals surface area contributed by atoms with Gasteiger partial charge in [0.05, 0.1) is 0 Å². The smallest absolute Gasteiger partial charge is 0.303 e. The number of rotatable bonds is 7. The highest BCUT2D eigenvalue weighted by Crippen LogP contribution is 2.39. The summed E-state index contributed by atoms with van der Waals surface area (Å²) < 4.78 is 6.44. The van der Waals surface area contributed by atoms with Gasteiger partial charge in [-0.2, -0.15) is 0 Å². The molecule has 0 spiro atoms. The van der Waals surface area contributed by atoms with Crippen LogP contribution in [-0.4, -0.2) is 16.1 Å². The maximum atomic E-state index is 11.2. The first-order valence-corrected chi connectivity index (χ1v) is 11.2. The fourth-order valence-corrected chi connectivity index (χ4v) is 4.16. The molecule has 0 saturated carbocycles. The van der Waals surface area contributed by atoms with Crippen molar-refractivity contribution in [1.29, 1.82) is 0 Å². The second-order valence-electron chi connectivity index (χ2n) is 8.03. The van der Waals surface area contributed by atoms with Crippen molar-refractivity contribution >= 4 is 5.97 Å². The van der Waals surface area contributed by atoms with E-state index in [0.29, 0.717) is 12.3 Å². The number of aliphatic carboxylic acids is 1. The van der Waals surface area contributed by atoms with Crippen LogP contribution in [0.2, 0.25) is 0 Å². The number of aromatic nitrogens is 1. The highest BCUT2D eigenvalue weighted by Gasteiger charge is 2.20. The number of hydrogen-bond acceptors (Lipinski definition) is 3. The molecule has 0 aliphatic rings. The van der Waals surface area contributed by atoms with E-state index in [1.807, 2.05) is 109 Å². The molecule has 0 aliphatic carbocycles. The van der Waals surface area contributed by atoms with E-state index in [4.69, 9.17) is 9.40 Å². The molecular formula is C31H27NO3. The number of aryl methyl sites for hydroxylation is 1. The number of carbonyl (C=O) groups is 1. The largest absolute Gasteiger partial charge is 0.481 e. The Balaban J connectivity index is 0.00000289. The molecule has 5 aromatic rings. The number of carboxylic acids is 1. The minimum Gasteiger partial charge on any atom is -0.481 e. The van der Waals surface area contributed by atoms with Gasteiger partial charge in [0.15, 0.2) is 5.76 Å². The fraction of sp³-hybridized carbons (Fsp3) is 0.0968. The van der Waals surface area contributed by atoms with Gasteiger partial charge in [-0.15, -0.1) is 0 Å². The SMILES string of the molecule is C.O=C(O)CCc1ccccc1-c1ccccc1-c1nc(-c2ccccc2)c(-c2ccccc2)o1. The molecule has 1 aromatic heterocycles. The quantitative estimate of drug-likeness (QED) is 0.267. The average molecular weight is 462 g/mol. The predicted molar refractivity (Wildman–Crippen MR) is 141 cm³/mol. The second kappa shape index (κ2) is 10.7. The molecule has 0 saturated heterocycles. The summed E-state index contributed by atoms with van der Waals surface area (Å²) in [6.07, 6.45) is 0.532. The maximum Gasteiger partial charge on any atom is 0.303 e. The summed E-state index contributed by atoms with van der Waals surface area (Å²) in [5, 5.41) is 9.19. The van der Waals surface area contributed by atoms with Crippen molar-refractivity contribution in [2.75, 3.05) is 0 Å². The molecule has 1 heterocycles. The van der Waals surface area contributed by atoms with Crippen LogP contribution in [0.5, 0.6) is 0 Å². The highest BCUT2D eigenvalue weighted by molar-refractivity contribution is 5.85. The van der Waals surface area contributed by atoms with Gasteiger partial charge in [-0.3, -0.25) is 4.79 Å². The van der Waals surface area contributed by atoms with Crippen LogP contribution in [0.25, 0.3) is 45.2 Å². The van der Waals surface area contributed by atoms with Crippen LogP contribution in [0.3, 0.4) is 0 Å². The first-order chi connectivity index (χ1) is 16.7. The zero-order valence-electron chi connectivity index (χ0n) is 18.5. The van der Waals surface area contributed by atoms with Crippen molar-refractivity contribution in [2.24, 2.45) is 0 Å². The molecule has 0 bridgehead atoms. The first-order valence-electron chi connectivity index (χ1n) is 11.2. The molecule has 4 nitrogen and oxygen atoms in total. The van der Waals surface area contributed by atoms with Crippen LogP contribution < -0.4 is 0 Å². The topological polar surface area (TPSA) is 63.3 Å². The number of nitrogens with zero attached hydrogens (tertiary/aromatic N) is 1. The third-order valence-electron chi connectivity index (χ3n) is 5.78. The number of carboxylic acid groups (broad SMARTS) is 1. The molecule has 0 radical (unpaired) electrons. The Bertz CT molecular complexity index is 1370. The Kier molecular flexibility index (Phi) is 7.22. The molecule has 0 amide bonds. The van der Waals surface area contributed by atoms with Gasteiger partial charge in [0, 0.05) is 23.1 Å². The van der Waals surface area contributed by atoms with Crippen molar-refractivity contribution in [1.82, 2.24) is 4.98 Å². The second-order valence-corrected chi connectivity index (χ2v) is 8.03. The molecule has 0 fully saturated rings. The Morgan fingerprint density at radius 2 is 1.23 bits per heavy atom. The summed E-state index contributed by atoms with van der Waals surface area (Å²) >= 11 is 0. The first kappa shape index (κ1) is 23.7. The molecule has 174 valence electrons. The lowest BCUT2D eigenvalue weighted by molar-refractivity contribution is -0.136. The molecule has 4 heteroatoms. The van der Waals surface area contributed by atoms with Crippen LogP contribution in [0, 0.1) is 0 Å². The number of hydrogen-bond donors (Lipinski definition) is 1. The number of oxazole rings is 1. The van der Waals surface area contributed by atoms with Crippen LogP contribution >= 0.6 is 0 Å². The van der Waals surface area contributed by atoms with Gasteiger partial charge in [0.25, 0.3) is 0 Å². The van der Waals surface area contributed by atoms with Crippen molar-refractivity contribution < 1.29 is 14.3 Å². The van der Waals surface area contributed by atoms with Gasteiger partial charge in [-0.25, -0.2) is 4.98 Å². The third kappa shape index (κ3) is 5.07. The van der Waals surface area contributed by atoms with Crippen molar-refractivity contribution in [3.63, 3.8) is 0 Å². The normalized spacial score (nSPS) is 10.5. The van der Waals surface area contributed by atoms with Gasteiger partial charge >= 0.3 is 5.97 Å². The molecule has 1 N–H and O–H groups in total. The standard InChI is InChI=1S/C30H23NO3.CH4/c32-27(33)20-19-21-11-7-8-16-24(21)25-17-9-10-18-26(25)30-31-28(22-12-3-1-4-13-22)29(34-30)23-14-5-2-6-15-23;/h1-18H,19-20H2,(H,32,33);1H4. The average Bonchev–Trinajstić information content (AvgIpc) is 3.34. The highest BCUT2D eigenvalue weighted by atomic mass is 16.4. The Morgan fingerprint density at radius 1 is 0.686 bits per heavy atom. The van der Waals surface area contributed by atoms with Crippen molar-refractivity contribution in [3.8, 4) is 45.2 Å². The lowest BCUT2D eigenvalue weighted by Crippen LogP contribution is -1.99. The predicted octanol–water partition coefficient (Wildman–Crippen LogP) is 8.00. The molecule has 0 atom stereocenters. The molecule has 0 aliphatic heterocycles. The van der Waals surface area contributed by atoms with E-state index in [9.17, 15) is 9.90 Å². The fourth-order valence-electron chi connectivity index (χ4n) is 4.16. The van der Waals surface area contributed by atoms with Crippen LogP contribution in [0.1, 0.15) is 19.4 Å². The Labute approximate surface area is 205 Å². The Hall–Kier alpha value is -4.44. The molecule has 0 unspecified atom stereocenters. The molecule has 35 heavy (non-hydrogen) atoms. The van der Waals surface area contributed by atoms with Gasteiger partial charge < -0.3 is 9.52 Å². The van der Waals surface area contributed by atoms with Gasteiger partial charge in [0.2, 0.25) is 5.89 Å². The van der Waals surface area contributed by atoms with Crippen molar-refractivity contribution in [3.05, 3.63) is 115 Å². The maximum absolute atomic E-state index is 11.2. The van der Waals surface area contributed by atoms with Crippen LogP contribution in [0.15, 0.2) is 114 Å².